The van der Waals surface area contributed by atoms with Crippen LogP contribution in [-0.4, -0.2) is 29.1 Å². The summed E-state index contributed by atoms with van der Waals surface area (Å²) in [4.78, 5) is 22.4. The van der Waals surface area contributed by atoms with Crippen LogP contribution < -0.4 is 11.1 Å². The van der Waals surface area contributed by atoms with Crippen molar-refractivity contribution in [2.45, 2.75) is 45.2 Å². The fourth-order valence-electron chi connectivity index (χ4n) is 1.94. The molecule has 0 bridgehead atoms. The van der Waals surface area contributed by atoms with Gasteiger partial charge >= 0.3 is 5.97 Å². The number of carbonyl (C=O) groups is 2. The molecule has 1 saturated carbocycles. The number of hydrogen-bond acceptors (Lipinski definition) is 3. The number of rotatable bonds is 4. The number of carboxylic acid groups (broad SMARTS) is 1. The van der Waals surface area contributed by atoms with E-state index in [-0.39, 0.29) is 23.8 Å². The standard InChI is InChI=1S/C11H20N2O3/c1-6(2)9(12)10(14)13-8-4-3-7(5-8)11(15)16/h6-9H,3-5,12H2,1-2H3,(H,13,14)(H,15,16)/t7?,8?,9-/m0/s1. The van der Waals surface area contributed by atoms with Gasteiger partial charge in [-0.15, -0.1) is 0 Å². The largest absolute Gasteiger partial charge is 0.481 e. The fraction of sp³-hybridized carbons (Fsp3) is 0.818. The van der Waals surface area contributed by atoms with Gasteiger partial charge in [0.1, 0.15) is 0 Å². The number of carbonyl (C=O) groups excluding carboxylic acids is 1. The molecule has 1 aliphatic carbocycles. The van der Waals surface area contributed by atoms with E-state index >= 15 is 0 Å². The van der Waals surface area contributed by atoms with Crippen LogP contribution in [0.1, 0.15) is 33.1 Å². The summed E-state index contributed by atoms with van der Waals surface area (Å²) in [6.45, 7) is 3.78. The molecule has 92 valence electrons. The second-order valence-electron chi connectivity index (χ2n) is 4.82. The minimum absolute atomic E-state index is 0.0293. The highest BCUT2D eigenvalue weighted by Gasteiger charge is 2.31. The molecule has 1 fully saturated rings. The first-order valence-corrected chi connectivity index (χ1v) is 5.70. The van der Waals surface area contributed by atoms with E-state index in [4.69, 9.17) is 10.8 Å². The third-order valence-electron chi connectivity index (χ3n) is 3.15. The van der Waals surface area contributed by atoms with Gasteiger partial charge in [0.05, 0.1) is 12.0 Å². The summed E-state index contributed by atoms with van der Waals surface area (Å²) >= 11 is 0. The molecular weight excluding hydrogens is 208 g/mol. The van der Waals surface area contributed by atoms with Crippen molar-refractivity contribution in [3.63, 3.8) is 0 Å². The van der Waals surface area contributed by atoms with Crippen molar-refractivity contribution < 1.29 is 14.7 Å². The Labute approximate surface area is 95.4 Å². The first-order chi connectivity index (χ1) is 7.41. The van der Waals surface area contributed by atoms with Crippen LogP contribution in [0, 0.1) is 11.8 Å². The van der Waals surface area contributed by atoms with Gasteiger partial charge < -0.3 is 16.2 Å². The maximum absolute atomic E-state index is 11.6. The Hall–Kier alpha value is -1.10. The number of nitrogens with one attached hydrogen (secondary N) is 1. The molecule has 0 aromatic rings. The Balaban J connectivity index is 2.40. The summed E-state index contributed by atoms with van der Waals surface area (Å²) in [5, 5.41) is 11.6. The number of amides is 1. The van der Waals surface area contributed by atoms with E-state index in [9.17, 15) is 9.59 Å². The summed E-state index contributed by atoms with van der Waals surface area (Å²) in [5.41, 5.74) is 5.70. The van der Waals surface area contributed by atoms with Crippen LogP contribution in [0.25, 0.3) is 0 Å². The maximum atomic E-state index is 11.6. The zero-order valence-corrected chi connectivity index (χ0v) is 9.77. The molecule has 0 aromatic heterocycles. The third kappa shape index (κ3) is 3.20. The number of hydrogen-bond donors (Lipinski definition) is 3. The van der Waals surface area contributed by atoms with Crippen LogP contribution in [0.3, 0.4) is 0 Å². The average molecular weight is 228 g/mol. The molecule has 0 saturated heterocycles. The maximum Gasteiger partial charge on any atom is 0.306 e. The lowest BCUT2D eigenvalue weighted by molar-refractivity contribution is -0.141. The second-order valence-corrected chi connectivity index (χ2v) is 4.82. The van der Waals surface area contributed by atoms with Gasteiger partial charge in [-0.1, -0.05) is 13.8 Å². The molecule has 2 unspecified atom stereocenters. The van der Waals surface area contributed by atoms with Gasteiger partial charge in [-0.05, 0) is 25.2 Å². The van der Waals surface area contributed by atoms with E-state index in [0.717, 1.165) is 6.42 Å². The van der Waals surface area contributed by atoms with E-state index in [1.54, 1.807) is 0 Å². The average Bonchev–Trinajstić information content (AvgIpc) is 2.64. The van der Waals surface area contributed by atoms with Crippen LogP contribution in [0.15, 0.2) is 0 Å². The first-order valence-electron chi connectivity index (χ1n) is 5.70. The van der Waals surface area contributed by atoms with Crippen molar-refractivity contribution in [3.8, 4) is 0 Å². The van der Waals surface area contributed by atoms with Gasteiger partial charge in [-0.25, -0.2) is 0 Å². The molecule has 1 aliphatic rings. The zero-order chi connectivity index (χ0) is 12.3. The van der Waals surface area contributed by atoms with Gasteiger partial charge in [0.15, 0.2) is 0 Å². The topological polar surface area (TPSA) is 92.4 Å². The summed E-state index contributed by atoms with van der Waals surface area (Å²) in [6, 6.07) is -0.540. The Morgan fingerprint density at radius 3 is 2.44 bits per heavy atom. The van der Waals surface area contributed by atoms with Crippen molar-refractivity contribution in [3.05, 3.63) is 0 Å². The van der Waals surface area contributed by atoms with Gasteiger partial charge in [0.25, 0.3) is 0 Å². The molecule has 5 nitrogen and oxygen atoms in total. The van der Waals surface area contributed by atoms with Gasteiger partial charge in [0, 0.05) is 6.04 Å². The minimum atomic E-state index is -0.773. The quantitative estimate of drug-likeness (QED) is 0.647. The molecule has 0 spiro atoms. The SMILES string of the molecule is CC(C)[C@H](N)C(=O)NC1CCC(C(=O)O)C1. The summed E-state index contributed by atoms with van der Waals surface area (Å²) in [7, 11) is 0. The monoisotopic (exact) mass is 228 g/mol. The van der Waals surface area contributed by atoms with Crippen LogP contribution >= 0.6 is 0 Å². The molecule has 0 radical (unpaired) electrons. The lowest BCUT2D eigenvalue weighted by Gasteiger charge is -2.19. The third-order valence-corrected chi connectivity index (χ3v) is 3.15. The summed E-state index contributed by atoms with van der Waals surface area (Å²) in [5.74, 6) is -1.17. The van der Waals surface area contributed by atoms with Crippen LogP contribution in [-0.2, 0) is 9.59 Å². The molecule has 1 rings (SSSR count). The Bertz CT molecular complexity index is 278. The second kappa shape index (κ2) is 5.30. The zero-order valence-electron chi connectivity index (χ0n) is 9.77. The predicted molar refractivity (Wildman–Crippen MR) is 59.7 cm³/mol. The minimum Gasteiger partial charge on any atom is -0.481 e. The highest BCUT2D eigenvalue weighted by atomic mass is 16.4. The van der Waals surface area contributed by atoms with Crippen molar-refractivity contribution in [2.75, 3.05) is 0 Å². The summed E-state index contributed by atoms with van der Waals surface area (Å²) < 4.78 is 0. The molecule has 16 heavy (non-hydrogen) atoms. The number of nitrogens with two attached hydrogens (primary N) is 1. The highest BCUT2D eigenvalue weighted by Crippen LogP contribution is 2.25. The Morgan fingerprint density at radius 2 is 2.00 bits per heavy atom. The highest BCUT2D eigenvalue weighted by molar-refractivity contribution is 5.82. The molecule has 3 atom stereocenters. The lowest BCUT2D eigenvalue weighted by atomic mass is 10.0. The van der Waals surface area contributed by atoms with Crippen molar-refractivity contribution in [2.24, 2.45) is 17.6 Å². The first kappa shape index (κ1) is 13.0. The fourth-order valence-corrected chi connectivity index (χ4v) is 1.94. The summed E-state index contributed by atoms with van der Waals surface area (Å²) in [6.07, 6.45) is 1.89. The van der Waals surface area contributed by atoms with Crippen molar-refractivity contribution in [1.82, 2.24) is 5.32 Å². The number of aliphatic carboxylic acids is 1. The van der Waals surface area contributed by atoms with E-state index in [2.05, 4.69) is 5.32 Å². The van der Waals surface area contributed by atoms with Gasteiger partial charge in [0.2, 0.25) is 5.91 Å². The van der Waals surface area contributed by atoms with Gasteiger partial charge in [-0.2, -0.15) is 0 Å². The normalized spacial score (nSPS) is 26.8. The molecule has 1 amide bonds. The molecule has 0 aromatic carbocycles. The van der Waals surface area contributed by atoms with Crippen LogP contribution in [0.5, 0.6) is 0 Å². The molecule has 0 heterocycles. The van der Waals surface area contributed by atoms with E-state index in [0.29, 0.717) is 12.8 Å². The molecular formula is C11H20N2O3. The molecule has 0 aliphatic heterocycles. The molecule has 4 N–H and O–H groups in total. The van der Waals surface area contributed by atoms with E-state index in [1.165, 1.54) is 0 Å². The van der Waals surface area contributed by atoms with Crippen LogP contribution in [0.2, 0.25) is 0 Å². The Kier molecular flexibility index (Phi) is 4.29. The number of carboxylic acids is 1. The van der Waals surface area contributed by atoms with Crippen molar-refractivity contribution >= 4 is 11.9 Å². The van der Waals surface area contributed by atoms with E-state index < -0.39 is 12.0 Å². The lowest BCUT2D eigenvalue weighted by Crippen LogP contribution is -2.47. The predicted octanol–water partition coefficient (Wildman–Crippen LogP) is 0.339. The van der Waals surface area contributed by atoms with Crippen LogP contribution in [0.4, 0.5) is 0 Å². The molecule has 5 heteroatoms. The van der Waals surface area contributed by atoms with Crippen molar-refractivity contribution in [1.29, 1.82) is 0 Å². The van der Waals surface area contributed by atoms with E-state index in [1.807, 2.05) is 13.8 Å². The Morgan fingerprint density at radius 1 is 1.38 bits per heavy atom. The van der Waals surface area contributed by atoms with Gasteiger partial charge in [-0.3, -0.25) is 9.59 Å². The smallest absolute Gasteiger partial charge is 0.306 e.